The molecule has 0 N–H and O–H groups in total. The maximum absolute atomic E-state index is 2.37. The summed E-state index contributed by atoms with van der Waals surface area (Å²) in [5.41, 5.74) is 1.55. The second kappa shape index (κ2) is 5.32. The van der Waals surface area contributed by atoms with Gasteiger partial charge in [0.1, 0.15) is 0 Å². The van der Waals surface area contributed by atoms with Crippen molar-refractivity contribution in [3.63, 3.8) is 0 Å². The van der Waals surface area contributed by atoms with Crippen LogP contribution in [-0.4, -0.2) is 0 Å². The second-order valence-corrected chi connectivity index (χ2v) is 8.37. The Labute approximate surface area is 154 Å². The lowest BCUT2D eigenvalue weighted by atomic mass is 9.83. The Hall–Kier alpha value is -2.86. The van der Waals surface area contributed by atoms with Gasteiger partial charge in [0.15, 0.2) is 0 Å². The van der Waals surface area contributed by atoms with Crippen LogP contribution in [0.1, 0.15) is 26.3 Å². The molecule has 0 radical (unpaired) electrons. The van der Waals surface area contributed by atoms with Crippen molar-refractivity contribution in [3.8, 4) is 0 Å². The lowest BCUT2D eigenvalue weighted by molar-refractivity contribution is 0.596. The van der Waals surface area contributed by atoms with Gasteiger partial charge in [0.05, 0.1) is 0 Å². The largest absolute Gasteiger partial charge is 0.0616 e. The fourth-order valence-corrected chi connectivity index (χ4v) is 4.12. The summed E-state index contributed by atoms with van der Waals surface area (Å²) in [5.74, 6) is 0. The molecule has 0 heterocycles. The zero-order valence-corrected chi connectivity index (χ0v) is 15.5. The average molecular weight is 334 g/mol. The lowest BCUT2D eigenvalue weighted by Crippen LogP contribution is -2.11. The van der Waals surface area contributed by atoms with E-state index in [1.54, 1.807) is 0 Å². The van der Waals surface area contributed by atoms with Crippen molar-refractivity contribution in [2.45, 2.75) is 26.2 Å². The number of fused-ring (bicyclic) bond motifs is 4. The van der Waals surface area contributed by atoms with Gasteiger partial charge in [-0.1, -0.05) is 63.2 Å². The van der Waals surface area contributed by atoms with Crippen LogP contribution in [0.25, 0.3) is 43.1 Å². The minimum Gasteiger partial charge on any atom is -0.0616 e. The van der Waals surface area contributed by atoms with Crippen LogP contribution in [0.3, 0.4) is 0 Å². The first-order valence-corrected chi connectivity index (χ1v) is 9.29. The molecule has 0 aliphatic rings. The minimum absolute atomic E-state index is 0.139. The van der Waals surface area contributed by atoms with Crippen molar-refractivity contribution in [3.05, 3.63) is 84.4 Å². The third-order valence-corrected chi connectivity index (χ3v) is 5.47. The Bertz CT molecular complexity index is 1300. The third-order valence-electron chi connectivity index (χ3n) is 5.47. The van der Waals surface area contributed by atoms with Crippen molar-refractivity contribution in [2.24, 2.45) is 0 Å². The molecule has 5 aromatic rings. The van der Waals surface area contributed by atoms with Crippen molar-refractivity contribution < 1.29 is 0 Å². The zero-order chi connectivity index (χ0) is 17.9. The molecule has 0 unspecified atom stereocenters. The molecule has 0 fully saturated rings. The number of benzene rings is 5. The molecular formula is C26H22. The van der Waals surface area contributed by atoms with Crippen molar-refractivity contribution in [1.29, 1.82) is 0 Å². The molecule has 5 aromatic carbocycles. The Balaban J connectivity index is 1.87. The summed E-state index contributed by atoms with van der Waals surface area (Å²) in [6, 6.07) is 29.3. The van der Waals surface area contributed by atoms with E-state index in [0.29, 0.717) is 0 Å². The quantitative estimate of drug-likeness (QED) is 0.256. The van der Waals surface area contributed by atoms with Crippen LogP contribution in [0.2, 0.25) is 0 Å². The predicted molar refractivity (Wildman–Crippen MR) is 115 cm³/mol. The van der Waals surface area contributed by atoms with E-state index < -0.39 is 0 Å². The molecular weight excluding hydrogens is 312 g/mol. The third kappa shape index (κ3) is 2.37. The first-order chi connectivity index (χ1) is 12.5. The first kappa shape index (κ1) is 15.4. The molecule has 0 atom stereocenters. The van der Waals surface area contributed by atoms with Crippen molar-refractivity contribution >= 4 is 43.1 Å². The van der Waals surface area contributed by atoms with E-state index in [1.165, 1.54) is 48.7 Å². The summed E-state index contributed by atoms with van der Waals surface area (Å²) in [4.78, 5) is 0. The van der Waals surface area contributed by atoms with Crippen LogP contribution < -0.4 is 0 Å². The molecule has 0 aromatic heterocycles. The highest BCUT2D eigenvalue weighted by molar-refractivity contribution is 6.08. The summed E-state index contributed by atoms with van der Waals surface area (Å²) in [6.07, 6.45) is 0. The topological polar surface area (TPSA) is 0 Å². The Morgan fingerprint density at radius 3 is 1.50 bits per heavy atom. The molecule has 0 spiro atoms. The fourth-order valence-electron chi connectivity index (χ4n) is 4.12. The maximum atomic E-state index is 2.37. The normalized spacial score (nSPS) is 12.4. The van der Waals surface area contributed by atoms with Crippen LogP contribution in [0.15, 0.2) is 78.9 Å². The second-order valence-electron chi connectivity index (χ2n) is 8.37. The number of hydrogen-bond acceptors (Lipinski definition) is 0. The maximum Gasteiger partial charge on any atom is -0.0126 e. The van der Waals surface area contributed by atoms with Gasteiger partial charge in [0.2, 0.25) is 0 Å². The summed E-state index contributed by atoms with van der Waals surface area (Å²) >= 11 is 0. The van der Waals surface area contributed by atoms with Crippen molar-refractivity contribution in [2.75, 3.05) is 0 Å². The molecule has 0 bridgehead atoms. The summed E-state index contributed by atoms with van der Waals surface area (Å²) in [5, 5.41) is 10.5. The molecule has 26 heavy (non-hydrogen) atoms. The van der Waals surface area contributed by atoms with E-state index in [-0.39, 0.29) is 5.41 Å². The summed E-state index contributed by atoms with van der Waals surface area (Å²) in [7, 11) is 0. The highest BCUT2D eigenvalue weighted by atomic mass is 14.2. The van der Waals surface area contributed by atoms with Gasteiger partial charge in [-0.15, -0.1) is 0 Å². The van der Waals surface area contributed by atoms with Crippen molar-refractivity contribution in [1.82, 2.24) is 0 Å². The van der Waals surface area contributed by atoms with Gasteiger partial charge in [0, 0.05) is 0 Å². The van der Waals surface area contributed by atoms with Crippen LogP contribution in [-0.2, 0) is 5.41 Å². The highest BCUT2D eigenvalue weighted by Crippen LogP contribution is 2.34. The number of hydrogen-bond donors (Lipinski definition) is 0. The Morgan fingerprint density at radius 2 is 0.923 bits per heavy atom. The molecule has 0 saturated carbocycles. The molecule has 0 amide bonds. The van der Waals surface area contributed by atoms with Crippen LogP contribution in [0.4, 0.5) is 0 Å². The van der Waals surface area contributed by atoms with E-state index >= 15 is 0 Å². The Kier molecular flexibility index (Phi) is 3.15. The Morgan fingerprint density at radius 1 is 0.462 bits per heavy atom. The summed E-state index contributed by atoms with van der Waals surface area (Å²) < 4.78 is 0. The van der Waals surface area contributed by atoms with Gasteiger partial charge in [-0.05, 0) is 90.5 Å². The van der Waals surface area contributed by atoms with Crippen LogP contribution in [0.5, 0.6) is 0 Å². The average Bonchev–Trinajstić information content (AvgIpc) is 2.61. The van der Waals surface area contributed by atoms with E-state index in [9.17, 15) is 0 Å². The van der Waals surface area contributed by atoms with Gasteiger partial charge in [0.25, 0.3) is 0 Å². The van der Waals surface area contributed by atoms with Gasteiger partial charge in [-0.3, -0.25) is 0 Å². The molecule has 126 valence electrons. The van der Waals surface area contributed by atoms with Gasteiger partial charge in [-0.25, -0.2) is 0 Å². The summed E-state index contributed by atoms with van der Waals surface area (Å²) in [6.45, 7) is 6.87. The van der Waals surface area contributed by atoms with Crippen LogP contribution in [0, 0.1) is 0 Å². The SMILES string of the molecule is CC(C)(C)c1cccc2cc3cc4cc5ccccc5cc4cc3cc12. The zero-order valence-electron chi connectivity index (χ0n) is 15.5. The predicted octanol–water partition coefficient (Wildman–Crippen LogP) is 7.60. The fraction of sp³-hybridized carbons (Fsp3) is 0.154. The lowest BCUT2D eigenvalue weighted by Gasteiger charge is -2.21. The molecule has 0 aliphatic heterocycles. The number of rotatable bonds is 0. The molecule has 0 heteroatoms. The van der Waals surface area contributed by atoms with E-state index in [2.05, 4.69) is 99.6 Å². The monoisotopic (exact) mass is 334 g/mol. The smallest absolute Gasteiger partial charge is 0.0126 e. The first-order valence-electron chi connectivity index (χ1n) is 9.29. The standard InChI is InChI=1S/C26H22/c1-26(2,3)25-10-6-9-19-13-22-14-20-11-17-7-4-5-8-18(17)12-21(20)15-23(22)16-24(19)25/h4-16H,1-3H3. The molecule has 5 rings (SSSR count). The van der Waals surface area contributed by atoms with E-state index in [0.717, 1.165) is 0 Å². The van der Waals surface area contributed by atoms with Gasteiger partial charge in [-0.2, -0.15) is 0 Å². The molecule has 0 saturated heterocycles. The minimum atomic E-state index is 0.139. The van der Waals surface area contributed by atoms with Gasteiger partial charge < -0.3 is 0 Å². The highest BCUT2D eigenvalue weighted by Gasteiger charge is 2.16. The molecule has 0 nitrogen and oxygen atoms in total. The van der Waals surface area contributed by atoms with Crippen LogP contribution >= 0.6 is 0 Å². The van der Waals surface area contributed by atoms with Gasteiger partial charge >= 0.3 is 0 Å². The molecule has 0 aliphatic carbocycles. The van der Waals surface area contributed by atoms with E-state index in [4.69, 9.17) is 0 Å². The van der Waals surface area contributed by atoms with E-state index in [1.807, 2.05) is 0 Å².